The molecule has 0 spiro atoms. The molecule has 144 valence electrons. The van der Waals surface area contributed by atoms with Gasteiger partial charge in [0.1, 0.15) is 11.7 Å². The van der Waals surface area contributed by atoms with Crippen molar-refractivity contribution in [3.05, 3.63) is 23.8 Å². The van der Waals surface area contributed by atoms with Gasteiger partial charge in [-0.2, -0.15) is 5.06 Å². The van der Waals surface area contributed by atoms with Crippen LogP contribution in [-0.4, -0.2) is 67.5 Å². The second-order valence-electron chi connectivity index (χ2n) is 6.74. The molecule has 0 radical (unpaired) electrons. The smallest absolute Gasteiger partial charge is 0.245 e. The molecule has 2 heterocycles. The monoisotopic (exact) mass is 389 g/mol. The van der Waals surface area contributed by atoms with Crippen LogP contribution >= 0.6 is 0 Å². The summed E-state index contributed by atoms with van der Waals surface area (Å²) in [6, 6.07) is 0.722. The van der Waals surface area contributed by atoms with E-state index in [0.717, 1.165) is 18.4 Å². The Morgan fingerprint density at radius 1 is 1.12 bits per heavy atom. The number of hydrogen-bond donors (Lipinski definition) is 2. The number of carbonyl (C=O) groups excluding carboxylic acids is 1. The fourth-order valence-corrected chi connectivity index (χ4v) is 4.07. The zero-order chi connectivity index (χ0) is 19.1. The van der Waals surface area contributed by atoms with Gasteiger partial charge in [-0.15, -0.1) is 0 Å². The molecule has 2 fully saturated rings. The summed E-state index contributed by atoms with van der Waals surface area (Å²) in [5.41, 5.74) is -0.497. The molecular formula is C16H21F2N3O4S. The molecule has 1 atom stereocenters. The van der Waals surface area contributed by atoms with Crippen molar-refractivity contribution in [2.45, 2.75) is 36.2 Å². The number of likely N-dealkylation sites (tertiary alicyclic amines) is 1. The first-order valence-corrected chi connectivity index (χ1v) is 10.3. The number of carbonyl (C=O) groups is 1. The first-order valence-electron chi connectivity index (χ1n) is 8.37. The number of halogens is 2. The van der Waals surface area contributed by atoms with Gasteiger partial charge in [-0.05, 0) is 31.4 Å². The number of benzene rings is 1. The fourth-order valence-electron chi connectivity index (χ4n) is 3.44. The van der Waals surface area contributed by atoms with Crippen LogP contribution in [0.2, 0.25) is 0 Å². The molecule has 1 amide bonds. The Kier molecular flexibility index (Phi) is 5.18. The molecule has 2 N–H and O–H groups in total. The Labute approximate surface area is 150 Å². The van der Waals surface area contributed by atoms with Crippen LogP contribution in [0.5, 0.6) is 0 Å². The maximum atomic E-state index is 14.2. The maximum Gasteiger partial charge on any atom is 0.245 e. The molecule has 1 aromatic carbocycles. The third kappa shape index (κ3) is 3.81. The van der Waals surface area contributed by atoms with E-state index in [1.807, 2.05) is 0 Å². The van der Waals surface area contributed by atoms with Crippen LogP contribution in [0.1, 0.15) is 19.3 Å². The standard InChI is InChI=1S/C16H21F2N3O4S/c1-26(24,25)11-8-12(17)15(13(18)9-11)19-14-4-7-21(16(14)22)10-2-5-20(23)6-3-10/h8-10,14,19,23H,2-7H2,1H3/t14-/m0/s1. The number of rotatable bonds is 4. The van der Waals surface area contributed by atoms with E-state index in [1.165, 1.54) is 5.06 Å². The summed E-state index contributed by atoms with van der Waals surface area (Å²) < 4.78 is 51.3. The van der Waals surface area contributed by atoms with Gasteiger partial charge in [-0.1, -0.05) is 0 Å². The second kappa shape index (κ2) is 7.09. The lowest BCUT2D eigenvalue weighted by Gasteiger charge is -2.34. The van der Waals surface area contributed by atoms with Gasteiger partial charge in [0.2, 0.25) is 5.91 Å². The molecule has 10 heteroatoms. The van der Waals surface area contributed by atoms with E-state index >= 15 is 0 Å². The molecule has 0 bridgehead atoms. The van der Waals surface area contributed by atoms with E-state index in [2.05, 4.69) is 5.32 Å². The lowest BCUT2D eigenvalue weighted by molar-refractivity contribution is -0.138. The molecule has 0 unspecified atom stereocenters. The first kappa shape index (κ1) is 19.0. The Bertz CT molecular complexity index is 787. The zero-order valence-electron chi connectivity index (χ0n) is 14.3. The molecule has 2 aliphatic heterocycles. The van der Waals surface area contributed by atoms with Crippen molar-refractivity contribution in [3.8, 4) is 0 Å². The summed E-state index contributed by atoms with van der Waals surface area (Å²) in [5, 5.41) is 13.2. The summed E-state index contributed by atoms with van der Waals surface area (Å²) in [5.74, 6) is -2.34. The molecule has 0 saturated carbocycles. The minimum absolute atomic E-state index is 0.00000393. The summed E-state index contributed by atoms with van der Waals surface area (Å²) >= 11 is 0. The Hall–Kier alpha value is -1.78. The van der Waals surface area contributed by atoms with Crippen molar-refractivity contribution in [1.82, 2.24) is 9.96 Å². The summed E-state index contributed by atoms with van der Waals surface area (Å²) in [4.78, 5) is 13.8. The highest BCUT2D eigenvalue weighted by atomic mass is 32.2. The molecule has 0 aliphatic carbocycles. The van der Waals surface area contributed by atoms with Gasteiger partial charge in [-0.3, -0.25) is 4.79 Å². The van der Waals surface area contributed by atoms with Crippen molar-refractivity contribution in [3.63, 3.8) is 0 Å². The summed E-state index contributed by atoms with van der Waals surface area (Å²) in [7, 11) is -3.74. The molecule has 26 heavy (non-hydrogen) atoms. The SMILES string of the molecule is CS(=O)(=O)c1cc(F)c(N[C@H]2CCN(C3CCN(O)CC3)C2=O)c(F)c1. The Morgan fingerprint density at radius 2 is 1.69 bits per heavy atom. The van der Waals surface area contributed by atoms with Gasteiger partial charge in [0.05, 0.1) is 4.90 Å². The van der Waals surface area contributed by atoms with Crippen LogP contribution in [0.25, 0.3) is 0 Å². The highest BCUT2D eigenvalue weighted by molar-refractivity contribution is 7.90. The minimum atomic E-state index is -3.74. The predicted octanol–water partition coefficient (Wildman–Crippen LogP) is 1.23. The van der Waals surface area contributed by atoms with Crippen molar-refractivity contribution < 1.29 is 27.2 Å². The molecule has 3 rings (SSSR count). The van der Waals surface area contributed by atoms with E-state index in [-0.39, 0.29) is 11.9 Å². The topological polar surface area (TPSA) is 90.0 Å². The summed E-state index contributed by atoms with van der Waals surface area (Å²) in [6.07, 6.45) is 2.54. The minimum Gasteiger partial charge on any atom is -0.369 e. The predicted molar refractivity (Wildman–Crippen MR) is 89.6 cm³/mol. The molecule has 2 saturated heterocycles. The second-order valence-corrected chi connectivity index (χ2v) is 8.75. The lowest BCUT2D eigenvalue weighted by Crippen LogP contribution is -2.46. The highest BCUT2D eigenvalue weighted by Crippen LogP contribution is 2.28. The Balaban J connectivity index is 1.73. The number of nitrogens with zero attached hydrogens (tertiary/aromatic N) is 2. The van der Waals surface area contributed by atoms with Crippen LogP contribution < -0.4 is 5.32 Å². The zero-order valence-corrected chi connectivity index (χ0v) is 15.1. The number of amides is 1. The number of nitrogens with one attached hydrogen (secondary N) is 1. The number of piperidine rings is 1. The van der Waals surface area contributed by atoms with Crippen LogP contribution in [0, 0.1) is 11.6 Å². The number of hydrogen-bond acceptors (Lipinski definition) is 6. The number of anilines is 1. The average molecular weight is 389 g/mol. The average Bonchev–Trinajstić information content (AvgIpc) is 2.91. The lowest BCUT2D eigenvalue weighted by atomic mass is 10.1. The van der Waals surface area contributed by atoms with Crippen LogP contribution in [0.4, 0.5) is 14.5 Å². The van der Waals surface area contributed by atoms with Crippen molar-refractivity contribution in [1.29, 1.82) is 0 Å². The van der Waals surface area contributed by atoms with E-state index in [0.29, 0.717) is 38.9 Å². The largest absolute Gasteiger partial charge is 0.369 e. The van der Waals surface area contributed by atoms with E-state index in [9.17, 15) is 27.2 Å². The van der Waals surface area contributed by atoms with E-state index < -0.39 is 38.1 Å². The van der Waals surface area contributed by atoms with Gasteiger partial charge in [0.15, 0.2) is 21.5 Å². The molecule has 1 aromatic rings. The van der Waals surface area contributed by atoms with Crippen molar-refractivity contribution >= 4 is 21.4 Å². The highest BCUT2D eigenvalue weighted by Gasteiger charge is 2.37. The number of sulfone groups is 1. The van der Waals surface area contributed by atoms with Gasteiger partial charge in [0.25, 0.3) is 0 Å². The van der Waals surface area contributed by atoms with Crippen molar-refractivity contribution in [2.75, 3.05) is 31.2 Å². The molecule has 2 aliphatic rings. The van der Waals surface area contributed by atoms with E-state index in [1.54, 1.807) is 4.90 Å². The Morgan fingerprint density at radius 3 is 2.23 bits per heavy atom. The fraction of sp³-hybridized carbons (Fsp3) is 0.562. The van der Waals surface area contributed by atoms with Gasteiger partial charge < -0.3 is 15.4 Å². The van der Waals surface area contributed by atoms with E-state index in [4.69, 9.17) is 0 Å². The van der Waals surface area contributed by atoms with Crippen molar-refractivity contribution in [2.24, 2.45) is 0 Å². The number of hydroxylamine groups is 2. The van der Waals surface area contributed by atoms with Gasteiger partial charge in [-0.25, -0.2) is 17.2 Å². The molecule has 0 aromatic heterocycles. The van der Waals surface area contributed by atoms with Gasteiger partial charge >= 0.3 is 0 Å². The summed E-state index contributed by atoms with van der Waals surface area (Å²) in [6.45, 7) is 1.42. The third-order valence-electron chi connectivity index (χ3n) is 4.88. The first-order chi connectivity index (χ1) is 12.2. The molecule has 7 nitrogen and oxygen atoms in total. The van der Waals surface area contributed by atoms with Gasteiger partial charge in [0, 0.05) is 31.9 Å². The normalized spacial score (nSPS) is 22.8. The molecular weight excluding hydrogens is 368 g/mol. The van der Waals surface area contributed by atoms with Crippen LogP contribution in [0.15, 0.2) is 17.0 Å². The van der Waals surface area contributed by atoms with Crippen LogP contribution in [0.3, 0.4) is 0 Å². The quantitative estimate of drug-likeness (QED) is 0.805. The maximum absolute atomic E-state index is 14.2. The third-order valence-corrected chi connectivity index (χ3v) is 5.98. The van der Waals surface area contributed by atoms with Crippen LogP contribution in [-0.2, 0) is 14.6 Å².